The summed E-state index contributed by atoms with van der Waals surface area (Å²) in [6, 6.07) is 0. The first-order valence-corrected chi connectivity index (χ1v) is 10.8. The fraction of sp³-hybridized carbons (Fsp3) is 0.700. The highest BCUT2D eigenvalue weighted by Crippen LogP contribution is 2.21. The Balaban J connectivity index is 0.00000272. The molecule has 1 N–H and O–H groups in total. The Morgan fingerprint density at radius 2 is 1.84 bits per heavy atom. The van der Waals surface area contributed by atoms with Crippen LogP contribution in [-0.4, -0.2) is 63.9 Å². The van der Waals surface area contributed by atoms with Gasteiger partial charge < -0.3 is 31.9 Å². The maximum absolute atomic E-state index is 12.9. The van der Waals surface area contributed by atoms with Gasteiger partial charge in [-0.1, -0.05) is 6.42 Å². The van der Waals surface area contributed by atoms with Crippen LogP contribution in [0.15, 0.2) is 14.6 Å². The van der Waals surface area contributed by atoms with Crippen LogP contribution < -0.4 is 33.9 Å². The molecule has 4 rings (SSSR count). The van der Waals surface area contributed by atoms with Gasteiger partial charge in [0.1, 0.15) is 0 Å². The number of halogens is 1. The Hall–Kier alpha value is -2.33. The van der Waals surface area contributed by atoms with Gasteiger partial charge >= 0.3 is 5.69 Å². The second kappa shape index (κ2) is 10.3. The van der Waals surface area contributed by atoms with Crippen LogP contribution in [0.1, 0.15) is 32.1 Å². The zero-order valence-corrected chi connectivity index (χ0v) is 19.0. The summed E-state index contributed by atoms with van der Waals surface area (Å²) >= 11 is 0. The molecule has 2 aromatic rings. The maximum atomic E-state index is 12.9. The van der Waals surface area contributed by atoms with Gasteiger partial charge in [-0.2, -0.15) is 4.98 Å². The van der Waals surface area contributed by atoms with Crippen molar-refractivity contribution >= 4 is 22.9 Å². The number of hydrogen-bond acceptors (Lipinski definition) is 7. The van der Waals surface area contributed by atoms with Gasteiger partial charge in [0.25, 0.3) is 5.56 Å². The molecule has 10 nitrogen and oxygen atoms in total. The van der Waals surface area contributed by atoms with Crippen molar-refractivity contribution in [1.29, 1.82) is 0 Å². The van der Waals surface area contributed by atoms with Crippen LogP contribution >= 0.6 is 0 Å². The zero-order chi connectivity index (χ0) is 21.1. The first-order chi connectivity index (χ1) is 14.6. The van der Waals surface area contributed by atoms with E-state index in [4.69, 9.17) is 9.72 Å². The lowest BCUT2D eigenvalue weighted by Crippen LogP contribution is -3.00. The minimum absolute atomic E-state index is 0. The second-order valence-electron chi connectivity index (χ2n) is 7.96. The molecular weight excluding hydrogens is 422 g/mol. The van der Waals surface area contributed by atoms with Crippen molar-refractivity contribution in [1.82, 2.24) is 24.0 Å². The van der Waals surface area contributed by atoms with Crippen molar-refractivity contribution in [3.63, 3.8) is 0 Å². The number of nitrogens with zero attached hydrogens (tertiary/aromatic N) is 6. The molecule has 0 bridgehead atoms. The van der Waals surface area contributed by atoms with Gasteiger partial charge in [-0.25, -0.2) is 4.79 Å². The Labute approximate surface area is 187 Å². The van der Waals surface area contributed by atoms with E-state index < -0.39 is 0 Å². The number of aryl methyl sites for hydroxylation is 2. The van der Waals surface area contributed by atoms with Gasteiger partial charge in [0.15, 0.2) is 11.2 Å². The van der Waals surface area contributed by atoms with Crippen LogP contribution in [0, 0.1) is 0 Å². The van der Waals surface area contributed by atoms with Crippen molar-refractivity contribution in [2.45, 2.75) is 38.6 Å². The molecule has 4 heterocycles. The molecule has 0 atom stereocenters. The average Bonchev–Trinajstić information content (AvgIpc) is 2.95. The monoisotopic (exact) mass is 452 g/mol. The van der Waals surface area contributed by atoms with Gasteiger partial charge in [-0.05, 0) is 19.3 Å². The highest BCUT2D eigenvalue weighted by atomic mass is 35.5. The lowest BCUT2D eigenvalue weighted by molar-refractivity contribution is -0.00000734. The second-order valence-corrected chi connectivity index (χ2v) is 7.96. The van der Waals surface area contributed by atoms with Crippen LogP contribution in [-0.2, 0) is 25.4 Å². The third-order valence-corrected chi connectivity index (χ3v) is 5.88. The number of fused-ring (bicyclic) bond motifs is 1. The fourth-order valence-electron chi connectivity index (χ4n) is 4.14. The zero-order valence-electron chi connectivity index (χ0n) is 18.3. The normalized spacial score (nSPS) is 17.2. The van der Waals surface area contributed by atoms with Gasteiger partial charge in [0.05, 0.1) is 19.0 Å². The molecule has 0 aromatic carbocycles. The molecule has 0 saturated carbocycles. The van der Waals surface area contributed by atoms with Gasteiger partial charge in [-0.3, -0.25) is 18.9 Å². The molecule has 1 saturated heterocycles. The van der Waals surface area contributed by atoms with E-state index >= 15 is 0 Å². The smallest absolute Gasteiger partial charge is 0.332 e. The van der Waals surface area contributed by atoms with Crippen LogP contribution in [0.5, 0.6) is 0 Å². The molecule has 0 radical (unpaired) electrons. The molecule has 0 spiro atoms. The number of anilines is 1. The van der Waals surface area contributed by atoms with E-state index in [1.165, 1.54) is 24.5 Å². The van der Waals surface area contributed by atoms with Gasteiger partial charge in [-0.15, -0.1) is 0 Å². The number of hydrogen-bond donors (Lipinski definition) is 1. The van der Waals surface area contributed by atoms with E-state index in [1.54, 1.807) is 7.05 Å². The van der Waals surface area contributed by atoms with Gasteiger partial charge in [0, 0.05) is 53.2 Å². The first-order valence-electron chi connectivity index (χ1n) is 10.8. The van der Waals surface area contributed by atoms with Crippen molar-refractivity contribution in [3.05, 3.63) is 20.8 Å². The number of ether oxygens (including phenoxy) is 1. The molecule has 11 heteroatoms. The van der Waals surface area contributed by atoms with Crippen LogP contribution in [0.4, 0.5) is 5.95 Å². The van der Waals surface area contributed by atoms with Crippen LogP contribution in [0.25, 0.3) is 11.2 Å². The van der Waals surface area contributed by atoms with E-state index in [-0.39, 0.29) is 23.7 Å². The first kappa shape index (κ1) is 23.3. The van der Waals surface area contributed by atoms with Crippen molar-refractivity contribution in [3.8, 4) is 0 Å². The van der Waals surface area contributed by atoms with Crippen molar-refractivity contribution in [2.75, 3.05) is 44.3 Å². The number of nitrogens with one attached hydrogen (secondary N) is 1. The molecule has 0 amide bonds. The number of imidazole rings is 1. The maximum Gasteiger partial charge on any atom is 0.332 e. The molecule has 0 aliphatic carbocycles. The fourth-order valence-corrected chi connectivity index (χ4v) is 4.14. The summed E-state index contributed by atoms with van der Waals surface area (Å²) in [7, 11) is 3.18. The lowest BCUT2D eigenvalue weighted by Gasteiger charge is -2.28. The topological polar surface area (TPSA) is 98.7 Å². The minimum atomic E-state index is -0.362. The highest BCUT2D eigenvalue weighted by Gasteiger charge is 2.23. The number of morpholine rings is 1. The molecule has 0 unspecified atom stereocenters. The van der Waals surface area contributed by atoms with Crippen molar-refractivity contribution < 1.29 is 17.1 Å². The number of rotatable bonds is 5. The third-order valence-electron chi connectivity index (χ3n) is 5.88. The van der Waals surface area contributed by atoms with Crippen molar-refractivity contribution in [2.24, 2.45) is 19.1 Å². The number of amidine groups is 1. The summed E-state index contributed by atoms with van der Waals surface area (Å²) in [6.07, 6.45) is 5.42. The number of aromatic nitrogens is 4. The summed E-state index contributed by atoms with van der Waals surface area (Å²) in [4.78, 5) is 36.8. The Kier molecular flexibility index (Phi) is 7.77. The van der Waals surface area contributed by atoms with E-state index in [0.29, 0.717) is 44.0 Å². The molecular formula is C20H31ClN7O3-. The molecule has 172 valence electrons. The van der Waals surface area contributed by atoms with E-state index in [9.17, 15) is 9.59 Å². The summed E-state index contributed by atoms with van der Waals surface area (Å²) in [5.41, 5.74) is 0.249. The van der Waals surface area contributed by atoms with E-state index in [0.717, 1.165) is 48.7 Å². The lowest BCUT2D eigenvalue weighted by atomic mass is 10.2. The summed E-state index contributed by atoms with van der Waals surface area (Å²) in [5.74, 6) is 1.83. The molecule has 31 heavy (non-hydrogen) atoms. The van der Waals surface area contributed by atoms with Gasteiger partial charge in [0.2, 0.25) is 5.95 Å². The highest BCUT2D eigenvalue weighted by molar-refractivity contribution is 5.82. The number of aliphatic imine (C=N–C) groups is 1. The Morgan fingerprint density at radius 1 is 1.06 bits per heavy atom. The predicted molar refractivity (Wildman–Crippen MR) is 117 cm³/mol. The molecule has 2 aromatic heterocycles. The van der Waals surface area contributed by atoms with E-state index in [2.05, 4.69) is 15.2 Å². The predicted octanol–water partition coefficient (Wildman–Crippen LogP) is -2.77. The minimum Gasteiger partial charge on any atom is -1.00 e. The molecule has 1 fully saturated rings. The largest absolute Gasteiger partial charge is 1.00 e. The summed E-state index contributed by atoms with van der Waals surface area (Å²) < 4.78 is 10.1. The SMILES string of the molecule is Cn1c(=O)c2c(nc(N3CCOCC3)n2CCCNC2=NCCCCC2)n(C)c1=O.[Cl-]. The molecule has 2 aliphatic rings. The summed E-state index contributed by atoms with van der Waals surface area (Å²) in [5, 5.41) is 3.46. The standard InChI is InChI=1S/C20H31N7O3.ClH/c1-24-17-16(18(28)25(2)20(24)29)27(19(23-17)26-11-13-30-14-12-26)10-6-9-22-15-7-4-3-5-8-21-15;/h3-14H2,1-2H3,(H,21,22);1H/p-1. The third kappa shape index (κ3) is 4.79. The summed E-state index contributed by atoms with van der Waals surface area (Å²) in [6.45, 7) is 5.01. The van der Waals surface area contributed by atoms with Crippen LogP contribution in [0.3, 0.4) is 0 Å². The molecule has 2 aliphatic heterocycles. The van der Waals surface area contributed by atoms with Crippen LogP contribution in [0.2, 0.25) is 0 Å². The average molecular weight is 453 g/mol. The Bertz CT molecular complexity index is 1050. The quantitative estimate of drug-likeness (QED) is 0.493. The Morgan fingerprint density at radius 3 is 2.61 bits per heavy atom. The van der Waals surface area contributed by atoms with E-state index in [1.807, 2.05) is 4.57 Å².